The van der Waals surface area contributed by atoms with Gasteiger partial charge in [0.25, 0.3) is 5.92 Å². The maximum atomic E-state index is 13.1. The number of hydrogen-bond donors (Lipinski definition) is 1. The van der Waals surface area contributed by atoms with Gasteiger partial charge in [0.1, 0.15) is 0 Å². The van der Waals surface area contributed by atoms with E-state index in [-0.39, 0.29) is 37.2 Å². The molecule has 1 aliphatic heterocycles. The fourth-order valence-electron chi connectivity index (χ4n) is 2.19. The number of hydrogen-bond acceptors (Lipinski definition) is 4. The number of ether oxygens (including phenoxy) is 1. The van der Waals surface area contributed by atoms with Crippen LogP contribution in [0.25, 0.3) is 0 Å². The average molecular weight is 270 g/mol. The second kappa shape index (κ2) is 5.03. The van der Waals surface area contributed by atoms with Gasteiger partial charge in [-0.15, -0.1) is 0 Å². The monoisotopic (exact) mass is 270 g/mol. The first-order chi connectivity index (χ1) is 8.94. The lowest BCUT2D eigenvalue weighted by Gasteiger charge is -2.34. The van der Waals surface area contributed by atoms with Crippen LogP contribution in [0.3, 0.4) is 0 Å². The molecule has 1 fully saturated rings. The number of benzene rings is 1. The summed E-state index contributed by atoms with van der Waals surface area (Å²) in [6.45, 7) is 0.448. The van der Waals surface area contributed by atoms with E-state index in [9.17, 15) is 13.6 Å². The summed E-state index contributed by atoms with van der Waals surface area (Å²) in [6.07, 6.45) is -0.399. The number of anilines is 2. The van der Waals surface area contributed by atoms with Crippen molar-refractivity contribution >= 4 is 17.3 Å². The van der Waals surface area contributed by atoms with Gasteiger partial charge in [-0.2, -0.15) is 0 Å². The first kappa shape index (κ1) is 13.6. The summed E-state index contributed by atoms with van der Waals surface area (Å²) in [5.41, 5.74) is 7.08. The lowest BCUT2D eigenvalue weighted by Crippen LogP contribution is -2.39. The Kier molecular flexibility index (Phi) is 3.59. The summed E-state index contributed by atoms with van der Waals surface area (Å²) in [6, 6.07) is 4.96. The SMILES string of the molecule is COC(=O)c1cccc(N2CCC(F)(F)CC2)c1N. The zero-order chi connectivity index (χ0) is 14.0. The maximum Gasteiger partial charge on any atom is 0.340 e. The molecular formula is C13H16F2N2O2. The first-order valence-electron chi connectivity index (χ1n) is 6.04. The van der Waals surface area contributed by atoms with Crippen LogP contribution in [-0.2, 0) is 4.74 Å². The standard InChI is InChI=1S/C13H16F2N2O2/c1-19-12(18)9-3-2-4-10(11(9)16)17-7-5-13(14,15)6-8-17/h2-4H,5-8,16H2,1H3. The van der Waals surface area contributed by atoms with Crippen molar-refractivity contribution in [2.24, 2.45) is 0 Å². The summed E-state index contributed by atoms with van der Waals surface area (Å²) in [4.78, 5) is 13.3. The molecule has 1 saturated heterocycles. The fourth-order valence-corrected chi connectivity index (χ4v) is 2.19. The number of alkyl halides is 2. The van der Waals surface area contributed by atoms with Crippen LogP contribution in [0.4, 0.5) is 20.2 Å². The second-order valence-electron chi connectivity index (χ2n) is 4.57. The van der Waals surface area contributed by atoms with Crippen molar-refractivity contribution in [3.63, 3.8) is 0 Å². The molecule has 1 aromatic carbocycles. The minimum atomic E-state index is -2.61. The Morgan fingerprint density at radius 2 is 2.00 bits per heavy atom. The van der Waals surface area contributed by atoms with Gasteiger partial charge in [0.15, 0.2) is 0 Å². The zero-order valence-corrected chi connectivity index (χ0v) is 10.7. The largest absolute Gasteiger partial charge is 0.465 e. The Morgan fingerprint density at radius 3 is 2.58 bits per heavy atom. The van der Waals surface area contributed by atoms with E-state index in [1.54, 1.807) is 23.1 Å². The molecule has 0 bridgehead atoms. The number of para-hydroxylation sites is 1. The highest BCUT2D eigenvalue weighted by molar-refractivity contribution is 5.98. The van der Waals surface area contributed by atoms with E-state index in [0.29, 0.717) is 5.69 Å². The van der Waals surface area contributed by atoms with Crippen LogP contribution in [0.1, 0.15) is 23.2 Å². The van der Waals surface area contributed by atoms with E-state index >= 15 is 0 Å². The van der Waals surface area contributed by atoms with Crippen LogP contribution in [0.15, 0.2) is 18.2 Å². The molecule has 1 aliphatic rings. The van der Waals surface area contributed by atoms with Crippen LogP contribution >= 0.6 is 0 Å². The molecule has 19 heavy (non-hydrogen) atoms. The second-order valence-corrected chi connectivity index (χ2v) is 4.57. The Balaban J connectivity index is 2.24. The third-order valence-electron chi connectivity index (χ3n) is 3.32. The van der Waals surface area contributed by atoms with Crippen molar-refractivity contribution < 1.29 is 18.3 Å². The summed E-state index contributed by atoms with van der Waals surface area (Å²) in [5.74, 6) is -3.13. The minimum absolute atomic E-state index is 0.200. The quantitative estimate of drug-likeness (QED) is 0.661. The van der Waals surface area contributed by atoms with Crippen LogP contribution in [0, 0.1) is 0 Å². The van der Waals surface area contributed by atoms with Gasteiger partial charge >= 0.3 is 5.97 Å². The van der Waals surface area contributed by atoms with E-state index in [1.807, 2.05) is 0 Å². The molecule has 0 unspecified atom stereocenters. The molecule has 4 nitrogen and oxygen atoms in total. The number of halogens is 2. The Bertz CT molecular complexity index is 482. The van der Waals surface area contributed by atoms with Gasteiger partial charge in [-0.3, -0.25) is 0 Å². The number of methoxy groups -OCH3 is 1. The molecule has 0 radical (unpaired) electrons. The average Bonchev–Trinajstić information content (AvgIpc) is 2.39. The number of nitrogen functional groups attached to an aromatic ring is 1. The molecule has 1 aromatic rings. The third kappa shape index (κ3) is 2.77. The summed E-state index contributed by atoms with van der Waals surface area (Å²) >= 11 is 0. The molecule has 104 valence electrons. The van der Waals surface area contributed by atoms with Crippen molar-refractivity contribution in [3.05, 3.63) is 23.8 Å². The Morgan fingerprint density at radius 1 is 1.37 bits per heavy atom. The van der Waals surface area contributed by atoms with Crippen LogP contribution < -0.4 is 10.6 Å². The predicted molar refractivity (Wildman–Crippen MR) is 68.6 cm³/mol. The molecule has 1 heterocycles. The van der Waals surface area contributed by atoms with Crippen molar-refractivity contribution in [2.75, 3.05) is 30.8 Å². The number of nitrogens with two attached hydrogens (primary N) is 1. The number of piperidine rings is 1. The summed E-state index contributed by atoms with van der Waals surface area (Å²) in [5, 5.41) is 0. The number of rotatable bonds is 2. The molecule has 0 amide bonds. The normalized spacial score (nSPS) is 18.2. The third-order valence-corrected chi connectivity index (χ3v) is 3.32. The van der Waals surface area contributed by atoms with Crippen LogP contribution in [-0.4, -0.2) is 32.1 Å². The zero-order valence-electron chi connectivity index (χ0n) is 10.7. The van der Waals surface area contributed by atoms with Crippen molar-refractivity contribution in [1.29, 1.82) is 0 Å². The van der Waals surface area contributed by atoms with Crippen molar-refractivity contribution in [3.8, 4) is 0 Å². The molecule has 6 heteroatoms. The van der Waals surface area contributed by atoms with E-state index in [0.717, 1.165) is 0 Å². The molecule has 2 rings (SSSR count). The van der Waals surface area contributed by atoms with Gasteiger partial charge < -0.3 is 15.4 Å². The van der Waals surface area contributed by atoms with E-state index < -0.39 is 11.9 Å². The van der Waals surface area contributed by atoms with Crippen molar-refractivity contribution in [2.45, 2.75) is 18.8 Å². The molecular weight excluding hydrogens is 254 g/mol. The molecule has 0 saturated carbocycles. The molecule has 0 atom stereocenters. The van der Waals surface area contributed by atoms with Gasteiger partial charge in [-0.05, 0) is 12.1 Å². The van der Waals surface area contributed by atoms with Gasteiger partial charge in [0.05, 0.1) is 24.0 Å². The number of carbonyl (C=O) groups is 1. The summed E-state index contributed by atoms with van der Waals surface area (Å²) in [7, 11) is 1.27. The van der Waals surface area contributed by atoms with Crippen LogP contribution in [0.5, 0.6) is 0 Å². The lowest BCUT2D eigenvalue weighted by molar-refractivity contribution is -0.0220. The van der Waals surface area contributed by atoms with Gasteiger partial charge in [0.2, 0.25) is 0 Å². The number of carbonyl (C=O) groups excluding carboxylic acids is 1. The predicted octanol–water partition coefficient (Wildman–Crippen LogP) is 2.29. The minimum Gasteiger partial charge on any atom is -0.465 e. The molecule has 0 aromatic heterocycles. The van der Waals surface area contributed by atoms with Crippen LogP contribution in [0.2, 0.25) is 0 Å². The van der Waals surface area contributed by atoms with Gasteiger partial charge in [0, 0.05) is 25.9 Å². The number of nitrogens with zero attached hydrogens (tertiary/aromatic N) is 1. The maximum absolute atomic E-state index is 13.1. The lowest BCUT2D eigenvalue weighted by atomic mass is 10.0. The molecule has 2 N–H and O–H groups in total. The summed E-state index contributed by atoms with van der Waals surface area (Å²) < 4.78 is 30.9. The van der Waals surface area contributed by atoms with Gasteiger partial charge in [-0.1, -0.05) is 6.07 Å². The van der Waals surface area contributed by atoms with Crippen molar-refractivity contribution in [1.82, 2.24) is 0 Å². The highest BCUT2D eigenvalue weighted by Crippen LogP contribution is 2.34. The molecule has 0 spiro atoms. The molecule has 0 aliphatic carbocycles. The van der Waals surface area contributed by atoms with Gasteiger partial charge in [-0.25, -0.2) is 13.6 Å². The fraction of sp³-hybridized carbons (Fsp3) is 0.462. The Hall–Kier alpha value is -1.85. The Labute approximate surface area is 110 Å². The highest BCUT2D eigenvalue weighted by Gasteiger charge is 2.34. The van der Waals surface area contributed by atoms with E-state index in [4.69, 9.17) is 5.73 Å². The van der Waals surface area contributed by atoms with E-state index in [1.165, 1.54) is 7.11 Å². The first-order valence-corrected chi connectivity index (χ1v) is 6.04. The topological polar surface area (TPSA) is 55.6 Å². The van der Waals surface area contributed by atoms with E-state index in [2.05, 4.69) is 4.74 Å². The smallest absolute Gasteiger partial charge is 0.340 e. The highest BCUT2D eigenvalue weighted by atomic mass is 19.3. The number of esters is 1.